The lowest BCUT2D eigenvalue weighted by atomic mass is 10.2. The largest absolute Gasteiger partial charge is 0.483 e. The highest BCUT2D eigenvalue weighted by molar-refractivity contribution is 5.15. The molecule has 1 aromatic rings. The van der Waals surface area contributed by atoms with Gasteiger partial charge in [0.15, 0.2) is 0 Å². The Bertz CT molecular complexity index is 157. The predicted octanol–water partition coefficient (Wildman–Crippen LogP) is 1.35. The number of benzene rings is 1. The van der Waals surface area contributed by atoms with Gasteiger partial charge in [0.1, 0.15) is 0 Å². The summed E-state index contributed by atoms with van der Waals surface area (Å²) in [6.07, 6.45) is 0.862. The first-order valence-corrected chi connectivity index (χ1v) is 3.01. The van der Waals surface area contributed by atoms with Gasteiger partial charge >= 0.3 is 0 Å². The molecule has 48 valence electrons. The molecule has 0 saturated carbocycles. The van der Waals surface area contributed by atoms with Crippen LogP contribution in [0.5, 0.6) is 0 Å². The molecule has 0 aliphatic heterocycles. The quantitative estimate of drug-likeness (QED) is 0.586. The van der Waals surface area contributed by atoms with Gasteiger partial charge in [-0.05, 0) is 0 Å². The van der Waals surface area contributed by atoms with Crippen molar-refractivity contribution in [3.05, 3.63) is 42.4 Å². The molecule has 0 aliphatic rings. The lowest BCUT2D eigenvalue weighted by Gasteiger charge is -2.02. The van der Waals surface area contributed by atoms with Gasteiger partial charge in [0.2, 0.25) is 0 Å². The lowest BCUT2D eigenvalue weighted by Crippen LogP contribution is -1.93. The molecule has 9 heavy (non-hydrogen) atoms. The first kappa shape index (κ1) is 6.30. The molecule has 0 radical (unpaired) electrons. The minimum absolute atomic E-state index is 0.862. The second-order valence-electron chi connectivity index (χ2n) is 1.93. The lowest BCUT2D eigenvalue weighted by molar-refractivity contribution is 1.11. The van der Waals surface area contributed by atoms with Crippen LogP contribution in [0.4, 0.5) is 0 Å². The van der Waals surface area contributed by atoms with E-state index in [0.29, 0.717) is 0 Å². The number of hydrogen-bond acceptors (Lipinski definition) is 1. The monoisotopic (exact) mass is 120 g/mol. The minimum atomic E-state index is 0.862. The Morgan fingerprint density at radius 2 is 1.89 bits per heavy atom. The molecule has 0 amide bonds. The molecule has 0 saturated heterocycles. The fourth-order valence-corrected chi connectivity index (χ4v) is 0.750. The second-order valence-corrected chi connectivity index (χ2v) is 1.93. The van der Waals surface area contributed by atoms with Gasteiger partial charge in [-0.25, -0.2) is 0 Å². The van der Waals surface area contributed by atoms with Gasteiger partial charge in [0.05, 0.1) is 0 Å². The maximum absolute atomic E-state index is 5.24. The Balaban J connectivity index is 2.61. The topological polar surface area (TPSA) is 26.0 Å². The Morgan fingerprint density at radius 1 is 1.22 bits per heavy atom. The maximum atomic E-state index is 5.24. The predicted molar refractivity (Wildman–Crippen MR) is 38.6 cm³/mol. The van der Waals surface area contributed by atoms with Crippen LogP contribution in [-0.2, 0) is 6.42 Å². The summed E-state index contributed by atoms with van der Waals surface area (Å²) in [5.74, 6) is 0. The molecule has 1 rings (SSSR count). The maximum Gasteiger partial charge on any atom is -0.0616 e. The average molecular weight is 120 g/mol. The van der Waals surface area contributed by atoms with Crippen LogP contribution < -0.4 is 5.73 Å². The van der Waals surface area contributed by atoms with Crippen LogP contribution in [0.1, 0.15) is 5.56 Å². The van der Waals surface area contributed by atoms with Crippen molar-refractivity contribution in [1.82, 2.24) is 0 Å². The molecule has 0 aromatic heterocycles. The zero-order valence-corrected chi connectivity index (χ0v) is 5.25. The van der Waals surface area contributed by atoms with Gasteiger partial charge in [0.25, 0.3) is 0 Å². The van der Waals surface area contributed by atoms with Crippen LogP contribution in [0, 0.1) is 6.54 Å². The summed E-state index contributed by atoms with van der Waals surface area (Å²) in [6, 6.07) is 10.1. The summed E-state index contributed by atoms with van der Waals surface area (Å²) < 4.78 is 0. The summed E-state index contributed by atoms with van der Waals surface area (Å²) >= 11 is 0. The third-order valence-electron chi connectivity index (χ3n) is 1.20. The molecular weight excluding hydrogens is 110 g/mol. The molecule has 0 aliphatic carbocycles. The van der Waals surface area contributed by atoms with Crippen molar-refractivity contribution in [3.63, 3.8) is 0 Å². The van der Waals surface area contributed by atoms with Crippen LogP contribution >= 0.6 is 0 Å². The highest BCUT2D eigenvalue weighted by Gasteiger charge is 1.78. The fraction of sp³-hybridized carbons (Fsp3) is 0.125. The van der Waals surface area contributed by atoms with Crippen molar-refractivity contribution in [2.75, 3.05) is 0 Å². The highest BCUT2D eigenvalue weighted by atomic mass is 14.5. The second kappa shape index (κ2) is 3.25. The molecule has 0 heterocycles. The van der Waals surface area contributed by atoms with E-state index in [1.807, 2.05) is 18.2 Å². The Morgan fingerprint density at radius 3 is 2.44 bits per heavy atom. The van der Waals surface area contributed by atoms with Crippen LogP contribution in [0.3, 0.4) is 0 Å². The number of nitrogens with two attached hydrogens (primary N) is 1. The van der Waals surface area contributed by atoms with Crippen LogP contribution in [0.25, 0.3) is 0 Å². The van der Waals surface area contributed by atoms with E-state index in [0.717, 1.165) is 6.42 Å². The van der Waals surface area contributed by atoms with Crippen molar-refractivity contribution in [2.24, 2.45) is 5.73 Å². The SMILES string of the molecule is N[CH-]Cc1ccccc1. The zero-order valence-electron chi connectivity index (χ0n) is 5.25. The Hall–Kier alpha value is -0.820. The van der Waals surface area contributed by atoms with Crippen LogP contribution in [-0.4, -0.2) is 0 Å². The molecule has 0 bridgehead atoms. The molecule has 1 nitrogen and oxygen atoms in total. The van der Waals surface area contributed by atoms with Gasteiger partial charge in [-0.15, -0.1) is 6.42 Å². The minimum Gasteiger partial charge on any atom is -0.483 e. The van der Waals surface area contributed by atoms with Crippen molar-refractivity contribution in [1.29, 1.82) is 0 Å². The molecule has 1 heteroatoms. The molecule has 0 unspecified atom stereocenters. The third kappa shape index (κ3) is 1.86. The summed E-state index contributed by atoms with van der Waals surface area (Å²) in [7, 11) is 0. The van der Waals surface area contributed by atoms with Gasteiger partial charge in [-0.3, -0.25) is 6.54 Å². The van der Waals surface area contributed by atoms with E-state index in [9.17, 15) is 0 Å². The van der Waals surface area contributed by atoms with E-state index < -0.39 is 0 Å². The molecule has 0 fully saturated rings. The average Bonchev–Trinajstić information content (AvgIpc) is 1.91. The summed E-state index contributed by atoms with van der Waals surface area (Å²) in [5, 5.41) is 0. The van der Waals surface area contributed by atoms with Gasteiger partial charge in [-0.1, -0.05) is 35.9 Å². The standard InChI is InChI=1S/C8H10N/c9-7-6-8-4-2-1-3-5-8/h1-5,7H,6,9H2/q-1. The molecule has 0 atom stereocenters. The summed E-state index contributed by atoms with van der Waals surface area (Å²) in [4.78, 5) is 0. The zero-order chi connectivity index (χ0) is 6.53. The molecule has 2 N–H and O–H groups in total. The summed E-state index contributed by atoms with van der Waals surface area (Å²) in [6.45, 7) is 1.66. The number of rotatable bonds is 2. The molecule has 1 aromatic carbocycles. The van der Waals surface area contributed by atoms with E-state index >= 15 is 0 Å². The fourth-order valence-electron chi connectivity index (χ4n) is 0.750. The van der Waals surface area contributed by atoms with Crippen LogP contribution in [0.15, 0.2) is 30.3 Å². The summed E-state index contributed by atoms with van der Waals surface area (Å²) in [5.41, 5.74) is 6.50. The van der Waals surface area contributed by atoms with E-state index in [2.05, 4.69) is 12.1 Å². The molecular formula is C8H10N-. The van der Waals surface area contributed by atoms with E-state index in [-0.39, 0.29) is 0 Å². The smallest absolute Gasteiger partial charge is 0.0616 e. The van der Waals surface area contributed by atoms with E-state index in [1.165, 1.54) is 5.56 Å². The first-order valence-electron chi connectivity index (χ1n) is 3.01. The first-order chi connectivity index (χ1) is 4.43. The van der Waals surface area contributed by atoms with Gasteiger partial charge in [0, 0.05) is 0 Å². The van der Waals surface area contributed by atoms with Crippen molar-refractivity contribution in [2.45, 2.75) is 6.42 Å². The van der Waals surface area contributed by atoms with Crippen LogP contribution in [0.2, 0.25) is 0 Å². The van der Waals surface area contributed by atoms with Gasteiger partial charge in [-0.2, -0.15) is 0 Å². The Kier molecular flexibility index (Phi) is 2.28. The third-order valence-corrected chi connectivity index (χ3v) is 1.20. The van der Waals surface area contributed by atoms with Crippen molar-refractivity contribution in [3.8, 4) is 0 Å². The molecule has 0 spiro atoms. The van der Waals surface area contributed by atoms with Crippen molar-refractivity contribution < 1.29 is 0 Å². The Labute approximate surface area is 55.5 Å². The number of hydrogen-bond donors (Lipinski definition) is 1. The normalized spacial score (nSPS) is 9.44. The van der Waals surface area contributed by atoms with Crippen molar-refractivity contribution >= 4 is 0 Å². The van der Waals surface area contributed by atoms with E-state index in [1.54, 1.807) is 6.54 Å². The van der Waals surface area contributed by atoms with E-state index in [4.69, 9.17) is 5.73 Å². The van der Waals surface area contributed by atoms with Gasteiger partial charge < -0.3 is 5.73 Å². The highest BCUT2D eigenvalue weighted by Crippen LogP contribution is 1.98.